The molecule has 0 bridgehead atoms. The number of para-hydroxylation sites is 1. The van der Waals surface area contributed by atoms with Gasteiger partial charge in [0.05, 0.1) is 12.0 Å². The lowest BCUT2D eigenvalue weighted by Gasteiger charge is -2.20. The second-order valence-electron chi connectivity index (χ2n) is 9.59. The normalized spacial score (nSPS) is 14.9. The van der Waals surface area contributed by atoms with Crippen LogP contribution in [0.3, 0.4) is 0 Å². The Morgan fingerprint density at radius 2 is 1.76 bits per heavy atom. The van der Waals surface area contributed by atoms with Gasteiger partial charge in [-0.05, 0) is 54.7 Å². The molecule has 38 heavy (non-hydrogen) atoms. The van der Waals surface area contributed by atoms with Gasteiger partial charge in [0.1, 0.15) is 10.3 Å². The summed E-state index contributed by atoms with van der Waals surface area (Å²) < 4.78 is 33.4. The lowest BCUT2D eigenvalue weighted by atomic mass is 9.88. The van der Waals surface area contributed by atoms with Crippen LogP contribution in [0.2, 0.25) is 0 Å². The smallest absolute Gasteiger partial charge is 0.261 e. The Morgan fingerprint density at radius 1 is 1.03 bits per heavy atom. The summed E-state index contributed by atoms with van der Waals surface area (Å²) >= 11 is 1.32. The second kappa shape index (κ2) is 11.5. The van der Waals surface area contributed by atoms with Crippen LogP contribution in [0.5, 0.6) is 5.88 Å². The van der Waals surface area contributed by atoms with Gasteiger partial charge in [-0.15, -0.1) is 0 Å². The number of fused-ring (bicyclic) bond motifs is 1. The van der Waals surface area contributed by atoms with Crippen LogP contribution in [-0.2, 0) is 21.2 Å². The molecule has 1 aliphatic rings. The van der Waals surface area contributed by atoms with Gasteiger partial charge in [-0.1, -0.05) is 67.4 Å². The number of anilines is 2. The Labute approximate surface area is 226 Å². The number of aromatic nitrogens is 2. The zero-order chi connectivity index (χ0) is 26.5. The van der Waals surface area contributed by atoms with Gasteiger partial charge in [0.15, 0.2) is 5.13 Å². The van der Waals surface area contributed by atoms with Crippen molar-refractivity contribution in [3.8, 4) is 5.88 Å². The van der Waals surface area contributed by atoms with Gasteiger partial charge in [0, 0.05) is 17.7 Å². The lowest BCUT2D eigenvalue weighted by Crippen LogP contribution is -2.26. The van der Waals surface area contributed by atoms with E-state index in [1.807, 2.05) is 12.1 Å². The van der Waals surface area contributed by atoms with Crippen LogP contribution in [0.4, 0.5) is 10.8 Å². The molecule has 1 fully saturated rings. The minimum Gasteiger partial charge on any atom is -0.481 e. The van der Waals surface area contributed by atoms with E-state index in [2.05, 4.69) is 20.0 Å². The van der Waals surface area contributed by atoms with E-state index in [9.17, 15) is 13.2 Å². The summed E-state index contributed by atoms with van der Waals surface area (Å²) in [5, 5.41) is 3.52. The molecule has 0 saturated heterocycles. The Balaban J connectivity index is 1.30. The van der Waals surface area contributed by atoms with Gasteiger partial charge in [0.25, 0.3) is 10.0 Å². The third-order valence-electron chi connectivity index (χ3n) is 6.87. The quantitative estimate of drug-likeness (QED) is 0.255. The summed E-state index contributed by atoms with van der Waals surface area (Å²) in [6, 6.07) is 19.1. The van der Waals surface area contributed by atoms with Gasteiger partial charge < -0.3 is 10.1 Å². The molecule has 2 N–H and O–H groups in total. The van der Waals surface area contributed by atoms with E-state index in [1.165, 1.54) is 24.2 Å². The Hall–Kier alpha value is -3.50. The summed E-state index contributed by atoms with van der Waals surface area (Å²) in [4.78, 5) is 23.2. The van der Waals surface area contributed by atoms with Crippen molar-refractivity contribution in [3.63, 3.8) is 0 Å². The van der Waals surface area contributed by atoms with Gasteiger partial charge in [-0.3, -0.25) is 9.52 Å². The topological polar surface area (TPSA) is 110 Å². The number of benzene rings is 2. The van der Waals surface area contributed by atoms with Crippen LogP contribution in [0.15, 0.2) is 71.6 Å². The highest BCUT2D eigenvalue weighted by Crippen LogP contribution is 2.33. The van der Waals surface area contributed by atoms with E-state index in [0.717, 1.165) is 24.8 Å². The van der Waals surface area contributed by atoms with Crippen LogP contribution >= 0.6 is 11.3 Å². The average molecular weight is 551 g/mol. The number of pyridine rings is 1. The summed E-state index contributed by atoms with van der Waals surface area (Å²) in [5.41, 5.74) is 2.13. The molecule has 198 valence electrons. The standard InChI is InChI=1S/C28H30N4O4S2/c1-36-25-16-15-24-27(30-25)37-28(29-24)31-26(33)21(17-19-7-5-6-8-19)18-20-11-13-23(14-12-20)38(34,35)32-22-9-3-2-4-10-22/h2-4,9-16,19,21,32H,5-8,17-18H2,1H3,(H,29,31,33). The van der Waals surface area contributed by atoms with Crippen molar-refractivity contribution < 1.29 is 17.9 Å². The van der Waals surface area contributed by atoms with Crippen molar-refractivity contribution in [2.75, 3.05) is 17.1 Å². The van der Waals surface area contributed by atoms with Gasteiger partial charge >= 0.3 is 0 Å². The first-order valence-corrected chi connectivity index (χ1v) is 15.0. The fraction of sp³-hybridized carbons (Fsp3) is 0.321. The van der Waals surface area contributed by atoms with Crippen LogP contribution < -0.4 is 14.8 Å². The van der Waals surface area contributed by atoms with Gasteiger partial charge in [0.2, 0.25) is 11.8 Å². The van der Waals surface area contributed by atoms with Crippen LogP contribution in [0.1, 0.15) is 37.7 Å². The molecule has 1 atom stereocenters. The number of hydrogen-bond acceptors (Lipinski definition) is 7. The molecular formula is C28H30N4O4S2. The number of methoxy groups -OCH3 is 1. The van der Waals surface area contributed by atoms with E-state index in [0.29, 0.717) is 39.4 Å². The molecule has 1 unspecified atom stereocenters. The molecule has 5 rings (SSSR count). The highest BCUT2D eigenvalue weighted by Gasteiger charge is 2.27. The van der Waals surface area contributed by atoms with Crippen LogP contribution in [0, 0.1) is 11.8 Å². The summed E-state index contributed by atoms with van der Waals surface area (Å²) in [5.74, 6) is 0.687. The summed E-state index contributed by atoms with van der Waals surface area (Å²) in [6.45, 7) is 0. The van der Waals surface area contributed by atoms with E-state index in [1.54, 1.807) is 61.7 Å². The molecule has 4 aromatic rings. The van der Waals surface area contributed by atoms with E-state index in [4.69, 9.17) is 4.74 Å². The first kappa shape index (κ1) is 26.1. The van der Waals surface area contributed by atoms with Crippen LogP contribution in [0.25, 0.3) is 10.3 Å². The zero-order valence-electron chi connectivity index (χ0n) is 21.1. The molecule has 1 saturated carbocycles. The highest BCUT2D eigenvalue weighted by atomic mass is 32.2. The number of carbonyl (C=O) groups is 1. The largest absolute Gasteiger partial charge is 0.481 e. The highest BCUT2D eigenvalue weighted by molar-refractivity contribution is 7.92. The third kappa shape index (κ3) is 6.31. The number of sulfonamides is 1. The molecule has 2 aromatic carbocycles. The van der Waals surface area contributed by atoms with Crippen LogP contribution in [-0.4, -0.2) is 31.4 Å². The maximum absolute atomic E-state index is 13.4. The molecule has 0 spiro atoms. The molecule has 1 amide bonds. The van der Waals surface area contributed by atoms with Crippen molar-refractivity contribution in [2.24, 2.45) is 11.8 Å². The van der Waals surface area contributed by atoms with E-state index < -0.39 is 10.0 Å². The predicted molar refractivity (Wildman–Crippen MR) is 150 cm³/mol. The predicted octanol–water partition coefficient (Wildman–Crippen LogP) is 5.88. The molecule has 1 aliphatic carbocycles. The average Bonchev–Trinajstić information content (AvgIpc) is 3.57. The molecule has 0 aliphatic heterocycles. The molecule has 2 aromatic heterocycles. The first-order valence-electron chi connectivity index (χ1n) is 12.7. The minimum absolute atomic E-state index is 0.0784. The molecular weight excluding hydrogens is 520 g/mol. The van der Waals surface area contributed by atoms with Crippen molar-refractivity contribution in [2.45, 2.75) is 43.4 Å². The van der Waals surface area contributed by atoms with Gasteiger partial charge in [-0.25, -0.2) is 18.4 Å². The number of nitrogens with one attached hydrogen (secondary N) is 2. The Kier molecular flexibility index (Phi) is 7.90. The van der Waals surface area contributed by atoms with Crippen molar-refractivity contribution in [3.05, 3.63) is 72.3 Å². The molecule has 2 heterocycles. The van der Waals surface area contributed by atoms with E-state index >= 15 is 0 Å². The summed E-state index contributed by atoms with van der Waals surface area (Å²) in [6.07, 6.45) is 5.98. The SMILES string of the molecule is COc1ccc2nc(NC(=O)C(Cc3ccc(S(=O)(=O)Nc4ccccc4)cc3)CC3CCCC3)sc2n1. The second-order valence-corrected chi connectivity index (χ2v) is 12.2. The van der Waals surface area contributed by atoms with Crippen molar-refractivity contribution in [1.82, 2.24) is 9.97 Å². The monoisotopic (exact) mass is 550 g/mol. The van der Waals surface area contributed by atoms with Crippen molar-refractivity contribution >= 4 is 48.4 Å². The van der Waals surface area contributed by atoms with Crippen molar-refractivity contribution in [1.29, 1.82) is 0 Å². The number of hydrogen-bond donors (Lipinski definition) is 2. The zero-order valence-corrected chi connectivity index (χ0v) is 22.7. The molecule has 10 heteroatoms. The first-order chi connectivity index (χ1) is 18.4. The third-order valence-corrected chi connectivity index (χ3v) is 9.15. The molecule has 8 nitrogen and oxygen atoms in total. The maximum atomic E-state index is 13.4. The number of nitrogens with zero attached hydrogens (tertiary/aromatic N) is 2. The minimum atomic E-state index is -3.70. The van der Waals surface area contributed by atoms with Gasteiger partial charge in [-0.2, -0.15) is 0 Å². The number of thiazole rings is 1. The summed E-state index contributed by atoms with van der Waals surface area (Å²) in [7, 11) is -2.14. The number of ether oxygens (including phenoxy) is 1. The Morgan fingerprint density at radius 3 is 2.47 bits per heavy atom. The molecule has 0 radical (unpaired) electrons. The van der Waals surface area contributed by atoms with E-state index in [-0.39, 0.29) is 16.7 Å². The lowest BCUT2D eigenvalue weighted by molar-refractivity contribution is -0.120. The number of rotatable bonds is 10. The fourth-order valence-electron chi connectivity index (χ4n) is 4.92. The number of amides is 1. The Bertz CT molecular complexity index is 1500. The maximum Gasteiger partial charge on any atom is 0.261 e. The fourth-order valence-corrected chi connectivity index (χ4v) is 6.81. The number of carbonyl (C=O) groups excluding carboxylic acids is 1.